The van der Waals surface area contributed by atoms with Gasteiger partial charge in [-0.05, 0) is 29.7 Å². The Balaban J connectivity index is 1.51. The first-order valence-corrected chi connectivity index (χ1v) is 8.93. The van der Waals surface area contributed by atoms with Gasteiger partial charge in [0.1, 0.15) is 12.4 Å². The molecule has 0 unspecified atom stereocenters. The molecule has 3 rings (SSSR count). The highest BCUT2D eigenvalue weighted by molar-refractivity contribution is 5.85. The first-order valence-electron chi connectivity index (χ1n) is 8.93. The molecule has 3 aromatic rings. The number of rotatable bonds is 8. The average molecular weight is 358 g/mol. The summed E-state index contributed by atoms with van der Waals surface area (Å²) in [5, 5.41) is 4.06. The maximum atomic E-state index is 11.9. The number of hydrazone groups is 1. The smallest absolute Gasteiger partial charge is 0.240 e. The van der Waals surface area contributed by atoms with Crippen LogP contribution in [0.2, 0.25) is 0 Å². The highest BCUT2D eigenvalue weighted by Crippen LogP contribution is 2.17. The summed E-state index contributed by atoms with van der Waals surface area (Å²) in [6.45, 7) is 0.481. The Morgan fingerprint density at radius 1 is 0.852 bits per heavy atom. The molecule has 0 saturated carbocycles. The van der Waals surface area contributed by atoms with Gasteiger partial charge < -0.3 is 4.74 Å². The number of carbonyl (C=O) groups excluding carboxylic acids is 1. The van der Waals surface area contributed by atoms with Crippen molar-refractivity contribution in [2.45, 2.75) is 19.4 Å². The molecule has 0 atom stereocenters. The first kappa shape index (κ1) is 18.4. The van der Waals surface area contributed by atoms with Gasteiger partial charge in [0.2, 0.25) is 5.91 Å². The Kier molecular flexibility index (Phi) is 6.76. The van der Waals surface area contributed by atoms with Crippen LogP contribution >= 0.6 is 0 Å². The van der Waals surface area contributed by atoms with Crippen LogP contribution in [0.3, 0.4) is 0 Å². The van der Waals surface area contributed by atoms with Crippen molar-refractivity contribution in [2.24, 2.45) is 5.10 Å². The van der Waals surface area contributed by atoms with Crippen LogP contribution in [0, 0.1) is 0 Å². The van der Waals surface area contributed by atoms with Crippen molar-refractivity contribution >= 4 is 12.1 Å². The molecule has 0 aliphatic heterocycles. The second kappa shape index (κ2) is 9.92. The van der Waals surface area contributed by atoms with Gasteiger partial charge in [0, 0.05) is 12.0 Å². The molecule has 0 saturated heterocycles. The topological polar surface area (TPSA) is 50.7 Å². The Morgan fingerprint density at radius 3 is 2.22 bits per heavy atom. The number of amides is 1. The third-order valence-corrected chi connectivity index (χ3v) is 4.03. The first-order chi connectivity index (χ1) is 13.3. The number of ether oxygens (including phenoxy) is 1. The van der Waals surface area contributed by atoms with Gasteiger partial charge in [-0.1, -0.05) is 72.8 Å². The summed E-state index contributed by atoms with van der Waals surface area (Å²) in [6, 6.07) is 27.5. The number of nitrogens with zero attached hydrogens (tertiary/aromatic N) is 1. The summed E-state index contributed by atoms with van der Waals surface area (Å²) in [5.41, 5.74) is 5.63. The van der Waals surface area contributed by atoms with Crippen LogP contribution in [0.15, 0.2) is 90.0 Å². The molecule has 4 nitrogen and oxygen atoms in total. The van der Waals surface area contributed by atoms with Gasteiger partial charge in [-0.15, -0.1) is 0 Å². The zero-order chi connectivity index (χ0) is 18.7. The van der Waals surface area contributed by atoms with Crippen molar-refractivity contribution in [3.8, 4) is 5.75 Å². The maximum absolute atomic E-state index is 11.9. The second-order valence-corrected chi connectivity index (χ2v) is 6.09. The molecule has 0 fully saturated rings. The van der Waals surface area contributed by atoms with Gasteiger partial charge in [-0.2, -0.15) is 5.10 Å². The fourth-order valence-electron chi connectivity index (χ4n) is 2.59. The molecule has 27 heavy (non-hydrogen) atoms. The molecule has 1 N–H and O–H groups in total. The predicted octanol–water partition coefficient (Wildman–Crippen LogP) is 4.35. The lowest BCUT2D eigenvalue weighted by molar-refractivity contribution is -0.121. The van der Waals surface area contributed by atoms with Gasteiger partial charge in [-0.3, -0.25) is 4.79 Å². The largest absolute Gasteiger partial charge is 0.488 e. The van der Waals surface area contributed by atoms with Crippen LogP contribution in [0.5, 0.6) is 5.75 Å². The summed E-state index contributed by atoms with van der Waals surface area (Å²) in [6.07, 6.45) is 2.70. The number of hydrogen-bond donors (Lipinski definition) is 1. The molecule has 0 aliphatic rings. The van der Waals surface area contributed by atoms with E-state index in [4.69, 9.17) is 4.74 Å². The van der Waals surface area contributed by atoms with Crippen molar-refractivity contribution in [3.63, 3.8) is 0 Å². The van der Waals surface area contributed by atoms with Crippen LogP contribution in [0.4, 0.5) is 0 Å². The lowest BCUT2D eigenvalue weighted by Crippen LogP contribution is -2.17. The van der Waals surface area contributed by atoms with Gasteiger partial charge in [0.15, 0.2) is 0 Å². The standard InChI is InChI=1S/C23H22N2O2/c26-23(16-15-19-9-3-1-4-10-19)25-24-17-21-13-7-8-14-22(21)27-18-20-11-5-2-6-12-20/h1-14,17H,15-16,18H2,(H,25,26)/b24-17-. The van der Waals surface area contributed by atoms with Gasteiger partial charge in [0.25, 0.3) is 0 Å². The highest BCUT2D eigenvalue weighted by atomic mass is 16.5. The Bertz CT molecular complexity index is 877. The third kappa shape index (κ3) is 6.12. The van der Waals surface area contributed by atoms with E-state index in [-0.39, 0.29) is 5.91 Å². The van der Waals surface area contributed by atoms with E-state index in [1.54, 1.807) is 6.21 Å². The summed E-state index contributed by atoms with van der Waals surface area (Å²) in [4.78, 5) is 11.9. The fourth-order valence-corrected chi connectivity index (χ4v) is 2.59. The lowest BCUT2D eigenvalue weighted by Gasteiger charge is -2.09. The molecule has 3 aromatic carbocycles. The van der Waals surface area contributed by atoms with E-state index >= 15 is 0 Å². The maximum Gasteiger partial charge on any atom is 0.240 e. The molecular formula is C23H22N2O2. The Hall–Kier alpha value is -3.40. The molecule has 0 spiro atoms. The summed E-state index contributed by atoms with van der Waals surface area (Å²) < 4.78 is 5.88. The van der Waals surface area contributed by atoms with E-state index in [9.17, 15) is 4.79 Å². The average Bonchev–Trinajstić information content (AvgIpc) is 2.73. The molecule has 4 heteroatoms. The Labute approximate surface area is 159 Å². The zero-order valence-corrected chi connectivity index (χ0v) is 15.0. The molecule has 0 bridgehead atoms. The minimum atomic E-state index is -0.113. The highest BCUT2D eigenvalue weighted by Gasteiger charge is 2.03. The van der Waals surface area contributed by atoms with E-state index in [0.29, 0.717) is 19.4 Å². The molecular weight excluding hydrogens is 336 g/mol. The van der Waals surface area contributed by atoms with Crippen molar-refractivity contribution in [1.82, 2.24) is 5.43 Å². The molecule has 136 valence electrons. The normalized spacial score (nSPS) is 10.7. The zero-order valence-electron chi connectivity index (χ0n) is 15.0. The summed E-state index contributed by atoms with van der Waals surface area (Å²) in [7, 11) is 0. The minimum absolute atomic E-state index is 0.113. The van der Waals surface area contributed by atoms with Gasteiger partial charge in [0.05, 0.1) is 6.21 Å². The van der Waals surface area contributed by atoms with E-state index in [0.717, 1.165) is 22.4 Å². The van der Waals surface area contributed by atoms with Crippen molar-refractivity contribution in [3.05, 3.63) is 102 Å². The number of carbonyl (C=O) groups is 1. The lowest BCUT2D eigenvalue weighted by atomic mass is 10.1. The van der Waals surface area contributed by atoms with Gasteiger partial charge >= 0.3 is 0 Å². The fraction of sp³-hybridized carbons (Fsp3) is 0.130. The molecule has 1 amide bonds. The second-order valence-electron chi connectivity index (χ2n) is 6.09. The van der Waals surface area contributed by atoms with E-state index in [1.165, 1.54) is 0 Å². The monoisotopic (exact) mass is 358 g/mol. The number of hydrogen-bond acceptors (Lipinski definition) is 3. The van der Waals surface area contributed by atoms with Crippen molar-refractivity contribution < 1.29 is 9.53 Å². The van der Waals surface area contributed by atoms with Crippen LogP contribution < -0.4 is 10.2 Å². The molecule has 0 radical (unpaired) electrons. The molecule has 0 heterocycles. The summed E-state index contributed by atoms with van der Waals surface area (Å²) in [5.74, 6) is 0.612. The number of aryl methyl sites for hydroxylation is 1. The van der Waals surface area contributed by atoms with Gasteiger partial charge in [-0.25, -0.2) is 5.43 Å². The van der Waals surface area contributed by atoms with Crippen LogP contribution in [-0.2, 0) is 17.8 Å². The third-order valence-electron chi connectivity index (χ3n) is 4.03. The van der Waals surface area contributed by atoms with Crippen LogP contribution in [0.1, 0.15) is 23.1 Å². The number of benzene rings is 3. The summed E-state index contributed by atoms with van der Waals surface area (Å²) >= 11 is 0. The quantitative estimate of drug-likeness (QED) is 0.481. The Morgan fingerprint density at radius 2 is 1.48 bits per heavy atom. The van der Waals surface area contributed by atoms with E-state index in [2.05, 4.69) is 10.5 Å². The molecule has 0 aromatic heterocycles. The number of para-hydroxylation sites is 1. The predicted molar refractivity (Wildman–Crippen MR) is 108 cm³/mol. The van der Waals surface area contributed by atoms with E-state index < -0.39 is 0 Å². The SMILES string of the molecule is O=C(CCc1ccccc1)N/N=C\c1ccccc1OCc1ccccc1. The van der Waals surface area contributed by atoms with Crippen LogP contribution in [0.25, 0.3) is 0 Å². The van der Waals surface area contributed by atoms with Crippen molar-refractivity contribution in [2.75, 3.05) is 0 Å². The van der Waals surface area contributed by atoms with Crippen molar-refractivity contribution in [1.29, 1.82) is 0 Å². The number of nitrogens with one attached hydrogen (secondary N) is 1. The van der Waals surface area contributed by atoms with Crippen LogP contribution in [-0.4, -0.2) is 12.1 Å². The van der Waals surface area contributed by atoms with E-state index in [1.807, 2.05) is 84.9 Å². The minimum Gasteiger partial charge on any atom is -0.488 e. The molecule has 0 aliphatic carbocycles.